The van der Waals surface area contributed by atoms with Crippen LogP contribution in [-0.4, -0.2) is 21.8 Å². The lowest BCUT2D eigenvalue weighted by Gasteiger charge is -2.29. The van der Waals surface area contributed by atoms with Gasteiger partial charge in [0.25, 0.3) is 0 Å². The molecule has 3 aromatic rings. The molecule has 192 valence electrons. The zero-order valence-electron chi connectivity index (χ0n) is 21.5. The molecule has 1 amide bonds. The van der Waals surface area contributed by atoms with Crippen LogP contribution >= 0.6 is 11.3 Å². The fourth-order valence-corrected chi connectivity index (χ4v) is 5.48. The molecule has 1 aliphatic rings. The highest BCUT2D eigenvalue weighted by Crippen LogP contribution is 2.41. The summed E-state index contributed by atoms with van der Waals surface area (Å²) in [4.78, 5) is 18.1. The Morgan fingerprint density at radius 2 is 1.86 bits per heavy atom. The summed E-state index contributed by atoms with van der Waals surface area (Å²) >= 11 is 1.68. The Bertz CT molecular complexity index is 1150. The average molecular weight is 509 g/mol. The van der Waals surface area contributed by atoms with E-state index in [2.05, 4.69) is 17.7 Å². The number of hydrazine groups is 1. The van der Waals surface area contributed by atoms with Crippen LogP contribution in [0.4, 0.5) is 16.2 Å². The van der Waals surface area contributed by atoms with Crippen molar-refractivity contribution in [3.05, 3.63) is 65.3 Å². The van der Waals surface area contributed by atoms with E-state index < -0.39 is 6.09 Å². The molecule has 1 aliphatic carbocycles. The molecule has 4 rings (SSSR count). The third-order valence-electron chi connectivity index (χ3n) is 6.28. The van der Waals surface area contributed by atoms with Crippen LogP contribution in [-0.2, 0) is 11.3 Å². The van der Waals surface area contributed by atoms with Gasteiger partial charge >= 0.3 is 6.09 Å². The van der Waals surface area contributed by atoms with Crippen molar-refractivity contribution in [2.45, 2.75) is 71.4 Å². The number of thiazole rings is 1. The summed E-state index contributed by atoms with van der Waals surface area (Å²) in [5.74, 6) is 1.29. The number of hydrogen-bond acceptors (Lipinski definition) is 7. The maximum atomic E-state index is 12.4. The van der Waals surface area contributed by atoms with Gasteiger partial charge in [-0.3, -0.25) is 10.5 Å². The van der Waals surface area contributed by atoms with Gasteiger partial charge in [0.2, 0.25) is 0 Å². The van der Waals surface area contributed by atoms with Gasteiger partial charge in [0, 0.05) is 28.9 Å². The smallest absolute Gasteiger partial charge is 0.411 e. The Labute approximate surface area is 217 Å². The summed E-state index contributed by atoms with van der Waals surface area (Å²) in [5, 5.41) is 15.9. The Kier molecular flexibility index (Phi) is 8.28. The van der Waals surface area contributed by atoms with E-state index in [-0.39, 0.29) is 12.1 Å². The van der Waals surface area contributed by atoms with Crippen molar-refractivity contribution in [2.24, 2.45) is 5.92 Å². The van der Waals surface area contributed by atoms with Crippen LogP contribution in [0.1, 0.15) is 69.9 Å². The number of carbonyl (C=O) groups is 1. The van der Waals surface area contributed by atoms with Gasteiger partial charge in [-0.25, -0.2) is 15.2 Å². The number of ether oxygens (including phenoxy) is 1. The lowest BCUT2D eigenvalue weighted by atomic mass is 9.83. The standard InChI is InChI=1S/C28H36N4O3S/c1-19-10-12-21(13-11-19)26-29-17-25(36-26)23-15-14-22(16-24(23)32(34)31-28(2,3)4)30-27(33)35-18-20-8-6-5-7-9-20/h5-9,14-17,19,21,31,34H,10-13,18H2,1-4H3,(H,30,33). The van der Waals surface area contributed by atoms with E-state index in [0.717, 1.165) is 32.1 Å². The van der Waals surface area contributed by atoms with E-state index in [1.807, 2.05) is 69.4 Å². The number of anilines is 2. The summed E-state index contributed by atoms with van der Waals surface area (Å²) in [5.41, 5.74) is 5.50. The zero-order valence-corrected chi connectivity index (χ0v) is 22.3. The van der Waals surface area contributed by atoms with Gasteiger partial charge in [-0.1, -0.05) is 50.1 Å². The molecule has 0 aliphatic heterocycles. The Morgan fingerprint density at radius 3 is 2.56 bits per heavy atom. The van der Waals surface area contributed by atoms with Crippen molar-refractivity contribution in [3.63, 3.8) is 0 Å². The lowest BCUT2D eigenvalue weighted by Crippen LogP contribution is -2.47. The fraction of sp³-hybridized carbons (Fsp3) is 0.429. The Morgan fingerprint density at radius 1 is 1.14 bits per heavy atom. The summed E-state index contributed by atoms with van der Waals surface area (Å²) in [7, 11) is 0. The normalized spacial score (nSPS) is 18.0. The first-order valence-electron chi connectivity index (χ1n) is 12.5. The molecule has 0 spiro atoms. The average Bonchev–Trinajstić information content (AvgIpc) is 3.33. The van der Waals surface area contributed by atoms with E-state index in [4.69, 9.17) is 9.72 Å². The second kappa shape index (κ2) is 11.4. The number of amides is 1. The summed E-state index contributed by atoms with van der Waals surface area (Å²) < 4.78 is 5.36. The van der Waals surface area contributed by atoms with Crippen LogP contribution in [0.3, 0.4) is 0 Å². The van der Waals surface area contributed by atoms with E-state index in [1.54, 1.807) is 17.4 Å². The van der Waals surface area contributed by atoms with Crippen LogP contribution in [0.5, 0.6) is 0 Å². The summed E-state index contributed by atoms with van der Waals surface area (Å²) in [6, 6.07) is 15.0. The van der Waals surface area contributed by atoms with Gasteiger partial charge in [-0.15, -0.1) is 11.3 Å². The number of carbonyl (C=O) groups excluding carboxylic acids is 1. The fourth-order valence-electron chi connectivity index (χ4n) is 4.36. The van der Waals surface area contributed by atoms with Gasteiger partial charge in [0.05, 0.1) is 15.6 Å². The highest BCUT2D eigenvalue weighted by molar-refractivity contribution is 7.15. The maximum Gasteiger partial charge on any atom is 0.411 e. The molecule has 0 saturated heterocycles. The largest absolute Gasteiger partial charge is 0.444 e. The predicted molar refractivity (Wildman–Crippen MR) is 145 cm³/mol. The number of nitrogens with one attached hydrogen (secondary N) is 2. The first-order valence-corrected chi connectivity index (χ1v) is 13.3. The van der Waals surface area contributed by atoms with Crippen molar-refractivity contribution in [2.75, 3.05) is 10.5 Å². The van der Waals surface area contributed by atoms with E-state index >= 15 is 0 Å². The van der Waals surface area contributed by atoms with Crippen molar-refractivity contribution in [1.82, 2.24) is 10.4 Å². The first-order chi connectivity index (χ1) is 17.2. The molecule has 1 fully saturated rings. The van der Waals surface area contributed by atoms with Crippen LogP contribution in [0, 0.1) is 5.92 Å². The molecule has 0 atom stereocenters. The van der Waals surface area contributed by atoms with E-state index in [1.165, 1.54) is 25.7 Å². The molecule has 8 heteroatoms. The highest BCUT2D eigenvalue weighted by atomic mass is 32.1. The third-order valence-corrected chi connectivity index (χ3v) is 7.47. The predicted octanol–water partition coefficient (Wildman–Crippen LogP) is 7.35. The number of nitrogens with zero attached hydrogens (tertiary/aromatic N) is 2. The molecule has 3 N–H and O–H groups in total. The molecule has 36 heavy (non-hydrogen) atoms. The summed E-state index contributed by atoms with van der Waals surface area (Å²) in [6.07, 6.45) is 6.16. The Hall–Kier alpha value is -2.94. The number of rotatable bonds is 7. The van der Waals surface area contributed by atoms with Crippen molar-refractivity contribution in [3.8, 4) is 10.4 Å². The molecule has 0 radical (unpaired) electrons. The Balaban J connectivity index is 1.54. The van der Waals surface area contributed by atoms with Gasteiger partial charge < -0.3 is 4.74 Å². The van der Waals surface area contributed by atoms with Gasteiger partial charge in [-0.2, -0.15) is 5.17 Å². The maximum absolute atomic E-state index is 12.4. The monoisotopic (exact) mass is 508 g/mol. The van der Waals surface area contributed by atoms with E-state index in [9.17, 15) is 10.0 Å². The van der Waals surface area contributed by atoms with Crippen molar-refractivity contribution >= 4 is 28.8 Å². The third kappa shape index (κ3) is 7.06. The van der Waals surface area contributed by atoms with Crippen molar-refractivity contribution < 1.29 is 14.7 Å². The first kappa shape index (κ1) is 26.1. The molecular weight excluding hydrogens is 472 g/mol. The molecule has 1 aromatic heterocycles. The zero-order chi connectivity index (χ0) is 25.7. The number of hydrogen-bond donors (Lipinski definition) is 3. The second-order valence-electron chi connectivity index (χ2n) is 10.6. The number of aromatic nitrogens is 1. The molecule has 0 bridgehead atoms. The second-order valence-corrected chi connectivity index (χ2v) is 11.7. The van der Waals surface area contributed by atoms with Gasteiger partial charge in [-0.05, 0) is 63.3 Å². The quantitative estimate of drug-likeness (QED) is 0.289. The van der Waals surface area contributed by atoms with Gasteiger partial charge in [0.1, 0.15) is 6.61 Å². The minimum absolute atomic E-state index is 0.179. The molecular formula is C28H36N4O3S. The van der Waals surface area contributed by atoms with Gasteiger partial charge in [0.15, 0.2) is 0 Å². The highest BCUT2D eigenvalue weighted by Gasteiger charge is 2.24. The van der Waals surface area contributed by atoms with Crippen LogP contribution < -0.4 is 15.9 Å². The summed E-state index contributed by atoms with van der Waals surface area (Å²) in [6.45, 7) is 8.40. The number of benzene rings is 2. The van der Waals surface area contributed by atoms with Crippen molar-refractivity contribution in [1.29, 1.82) is 0 Å². The van der Waals surface area contributed by atoms with Crippen LogP contribution in [0.25, 0.3) is 10.4 Å². The molecule has 0 unspecified atom stereocenters. The topological polar surface area (TPSA) is 86.7 Å². The molecule has 1 heterocycles. The van der Waals surface area contributed by atoms with Crippen LogP contribution in [0.15, 0.2) is 54.7 Å². The molecule has 7 nitrogen and oxygen atoms in total. The lowest BCUT2D eigenvalue weighted by molar-refractivity contribution is 0.155. The minimum Gasteiger partial charge on any atom is -0.444 e. The SMILES string of the molecule is CC1CCC(c2ncc(-c3ccc(NC(=O)OCc4ccccc4)cc3N(O)NC(C)(C)C)s2)CC1. The molecule has 2 aromatic carbocycles. The van der Waals surface area contributed by atoms with Crippen LogP contribution in [0.2, 0.25) is 0 Å². The molecule has 1 saturated carbocycles. The minimum atomic E-state index is -0.558. The van der Waals surface area contributed by atoms with E-state index in [0.29, 0.717) is 17.3 Å².